The largest absolute Gasteiger partial charge is 0.338 e. The van der Waals surface area contributed by atoms with Crippen LogP contribution in [0.1, 0.15) is 29.8 Å². The molecule has 1 aliphatic rings. The summed E-state index contributed by atoms with van der Waals surface area (Å²) in [7, 11) is -3.74. The van der Waals surface area contributed by atoms with Crippen molar-refractivity contribution in [2.75, 3.05) is 32.4 Å². The third-order valence-corrected chi connectivity index (χ3v) is 6.75. The van der Waals surface area contributed by atoms with Crippen molar-refractivity contribution >= 4 is 27.3 Å². The molecule has 2 amide bonds. The number of sulfone groups is 1. The predicted molar refractivity (Wildman–Crippen MR) is 118 cm³/mol. The lowest BCUT2D eigenvalue weighted by atomic mass is 9.83. The second-order valence-electron chi connectivity index (χ2n) is 8.32. The minimum Gasteiger partial charge on any atom is -0.338 e. The Balaban J connectivity index is 1.75. The first-order valence-corrected chi connectivity index (χ1v) is 11.9. The molecule has 0 spiro atoms. The van der Waals surface area contributed by atoms with Crippen LogP contribution in [0, 0.1) is 10.1 Å². The first-order chi connectivity index (χ1) is 14.9. The Morgan fingerprint density at radius 1 is 0.969 bits per heavy atom. The number of carbonyl (C=O) groups is 2. The van der Waals surface area contributed by atoms with Gasteiger partial charge in [-0.3, -0.25) is 19.7 Å². The Bertz CT molecular complexity index is 1150. The minimum absolute atomic E-state index is 0.0505. The quantitative estimate of drug-likeness (QED) is 0.500. The van der Waals surface area contributed by atoms with Crippen molar-refractivity contribution in [2.45, 2.75) is 24.2 Å². The highest BCUT2D eigenvalue weighted by Gasteiger charge is 2.36. The van der Waals surface area contributed by atoms with Crippen molar-refractivity contribution in [2.24, 2.45) is 0 Å². The van der Waals surface area contributed by atoms with Gasteiger partial charge in [0.25, 0.3) is 11.6 Å². The highest BCUT2D eigenvalue weighted by Crippen LogP contribution is 2.27. The Kier molecular flexibility index (Phi) is 6.36. The Morgan fingerprint density at radius 3 is 2.06 bits per heavy atom. The number of nitro benzene ring substituents is 1. The monoisotopic (exact) mass is 459 g/mol. The highest BCUT2D eigenvalue weighted by molar-refractivity contribution is 7.90. The molecule has 1 fully saturated rings. The summed E-state index contributed by atoms with van der Waals surface area (Å²) in [4.78, 5) is 39.4. The molecule has 1 saturated heterocycles. The molecule has 0 N–H and O–H groups in total. The average molecular weight is 460 g/mol. The van der Waals surface area contributed by atoms with Crippen LogP contribution in [0.3, 0.4) is 0 Å². The molecule has 0 aliphatic carbocycles. The number of amides is 2. The molecule has 0 unspecified atom stereocenters. The molecule has 3 rings (SSSR count). The van der Waals surface area contributed by atoms with E-state index < -0.39 is 31.8 Å². The number of rotatable bonds is 5. The van der Waals surface area contributed by atoms with E-state index >= 15 is 0 Å². The summed E-state index contributed by atoms with van der Waals surface area (Å²) in [6.07, 6.45) is 0.930. The number of nitrogens with zero attached hydrogens (tertiary/aromatic N) is 3. The average Bonchev–Trinajstić information content (AvgIpc) is 2.77. The summed E-state index contributed by atoms with van der Waals surface area (Å²) < 4.78 is 23.8. The smallest absolute Gasteiger partial charge is 0.271 e. The summed E-state index contributed by atoms with van der Waals surface area (Å²) in [5.41, 5.74) is -0.357. The van der Waals surface area contributed by atoms with E-state index in [2.05, 4.69) is 0 Å². The van der Waals surface area contributed by atoms with Gasteiger partial charge in [-0.25, -0.2) is 8.42 Å². The molecular formula is C22H25N3O6S. The number of piperazine rings is 1. The number of nitro groups is 1. The van der Waals surface area contributed by atoms with Gasteiger partial charge in [0.15, 0.2) is 9.84 Å². The van der Waals surface area contributed by atoms with E-state index in [4.69, 9.17) is 0 Å². The second kappa shape index (κ2) is 8.70. The molecule has 0 saturated carbocycles. The van der Waals surface area contributed by atoms with Crippen LogP contribution in [-0.4, -0.2) is 67.4 Å². The third-order valence-electron chi connectivity index (χ3n) is 5.66. The van der Waals surface area contributed by atoms with Crippen LogP contribution in [0.25, 0.3) is 0 Å². The number of benzene rings is 2. The second-order valence-corrected chi connectivity index (χ2v) is 10.3. The molecule has 0 radical (unpaired) electrons. The van der Waals surface area contributed by atoms with Crippen LogP contribution >= 0.6 is 0 Å². The standard InChI is InChI=1S/C22H25N3O6S/c1-22(2,17-7-5-4-6-8-17)21(27)24-11-9-23(10-12-24)20(26)16-13-18(25(28)29)15-19(14-16)32(3,30)31/h4-8,13-15H,9-12H2,1-3H3. The highest BCUT2D eigenvalue weighted by atomic mass is 32.2. The first kappa shape index (κ1) is 23.4. The predicted octanol–water partition coefficient (Wildman–Crippen LogP) is 2.26. The van der Waals surface area contributed by atoms with Gasteiger partial charge < -0.3 is 9.80 Å². The fraction of sp³-hybridized carbons (Fsp3) is 0.364. The molecular weight excluding hydrogens is 434 g/mol. The zero-order valence-electron chi connectivity index (χ0n) is 18.1. The molecule has 170 valence electrons. The normalized spacial score (nSPS) is 14.8. The van der Waals surface area contributed by atoms with E-state index in [1.165, 1.54) is 4.90 Å². The van der Waals surface area contributed by atoms with Crippen molar-refractivity contribution in [3.63, 3.8) is 0 Å². The van der Waals surface area contributed by atoms with E-state index in [0.29, 0.717) is 13.1 Å². The van der Waals surface area contributed by atoms with Crippen LogP contribution in [0.2, 0.25) is 0 Å². The number of carbonyl (C=O) groups excluding carboxylic acids is 2. The van der Waals surface area contributed by atoms with Gasteiger partial charge in [0, 0.05) is 50.1 Å². The fourth-order valence-corrected chi connectivity index (χ4v) is 4.37. The number of non-ortho nitro benzene ring substituents is 1. The Labute approximate surface area is 186 Å². The van der Waals surface area contributed by atoms with Crippen molar-refractivity contribution in [1.82, 2.24) is 9.80 Å². The maximum absolute atomic E-state index is 13.1. The van der Waals surface area contributed by atoms with Gasteiger partial charge in [0.1, 0.15) is 0 Å². The van der Waals surface area contributed by atoms with Crippen molar-refractivity contribution in [1.29, 1.82) is 0 Å². The summed E-state index contributed by atoms with van der Waals surface area (Å²) in [6, 6.07) is 12.6. The molecule has 32 heavy (non-hydrogen) atoms. The van der Waals surface area contributed by atoms with Crippen molar-refractivity contribution < 1.29 is 22.9 Å². The van der Waals surface area contributed by atoms with Gasteiger partial charge >= 0.3 is 0 Å². The molecule has 2 aromatic rings. The molecule has 9 nitrogen and oxygen atoms in total. The summed E-state index contributed by atoms with van der Waals surface area (Å²) in [6.45, 7) is 4.83. The zero-order valence-corrected chi connectivity index (χ0v) is 19.0. The Morgan fingerprint density at radius 2 is 1.53 bits per heavy atom. The fourth-order valence-electron chi connectivity index (χ4n) is 3.70. The number of hydrogen-bond acceptors (Lipinski definition) is 6. The van der Waals surface area contributed by atoms with Crippen LogP contribution in [0.15, 0.2) is 53.4 Å². The van der Waals surface area contributed by atoms with E-state index in [1.807, 2.05) is 44.2 Å². The van der Waals surface area contributed by atoms with Gasteiger partial charge in [-0.2, -0.15) is 0 Å². The molecule has 2 aromatic carbocycles. The van der Waals surface area contributed by atoms with Crippen LogP contribution in [0.4, 0.5) is 5.69 Å². The van der Waals surface area contributed by atoms with Crippen LogP contribution < -0.4 is 0 Å². The molecule has 0 atom stereocenters. The lowest BCUT2D eigenvalue weighted by Gasteiger charge is -2.38. The van der Waals surface area contributed by atoms with Crippen LogP contribution in [0.5, 0.6) is 0 Å². The minimum atomic E-state index is -3.74. The van der Waals surface area contributed by atoms with E-state index in [-0.39, 0.29) is 29.5 Å². The molecule has 1 heterocycles. The topological polar surface area (TPSA) is 118 Å². The van der Waals surface area contributed by atoms with E-state index in [0.717, 1.165) is 30.0 Å². The number of hydrogen-bond donors (Lipinski definition) is 0. The van der Waals surface area contributed by atoms with Gasteiger partial charge in [-0.1, -0.05) is 30.3 Å². The molecule has 0 bridgehead atoms. The van der Waals surface area contributed by atoms with Gasteiger partial charge in [-0.05, 0) is 25.5 Å². The summed E-state index contributed by atoms with van der Waals surface area (Å²) in [5.74, 6) is -0.557. The van der Waals surface area contributed by atoms with Crippen LogP contribution in [-0.2, 0) is 20.0 Å². The summed E-state index contributed by atoms with van der Waals surface area (Å²) >= 11 is 0. The SMILES string of the molecule is CC(C)(C(=O)N1CCN(C(=O)c2cc([N+](=O)[O-])cc(S(C)(=O)=O)c2)CC1)c1ccccc1. The third kappa shape index (κ3) is 4.80. The lowest BCUT2D eigenvalue weighted by molar-refractivity contribution is -0.385. The van der Waals surface area contributed by atoms with E-state index in [9.17, 15) is 28.1 Å². The lowest BCUT2D eigenvalue weighted by Crippen LogP contribution is -2.54. The first-order valence-electron chi connectivity index (χ1n) is 10.0. The van der Waals surface area contributed by atoms with Gasteiger partial charge in [-0.15, -0.1) is 0 Å². The maximum atomic E-state index is 13.1. The molecule has 1 aliphatic heterocycles. The van der Waals surface area contributed by atoms with E-state index in [1.54, 1.807) is 4.90 Å². The van der Waals surface area contributed by atoms with Crippen molar-refractivity contribution in [3.05, 3.63) is 69.8 Å². The Hall–Kier alpha value is -3.27. The summed E-state index contributed by atoms with van der Waals surface area (Å²) in [5, 5.41) is 11.2. The maximum Gasteiger partial charge on any atom is 0.271 e. The van der Waals surface area contributed by atoms with Crippen molar-refractivity contribution in [3.8, 4) is 0 Å². The molecule has 10 heteroatoms. The van der Waals surface area contributed by atoms with Gasteiger partial charge in [0.05, 0.1) is 15.2 Å². The molecule has 0 aromatic heterocycles. The zero-order chi connectivity index (χ0) is 23.7. The van der Waals surface area contributed by atoms with Gasteiger partial charge in [0.2, 0.25) is 5.91 Å².